The zero-order valence-electron chi connectivity index (χ0n) is 13.5. The first-order valence-electron chi connectivity index (χ1n) is 8.19. The number of carbonyl (C=O) groups excluding carboxylic acids is 1. The quantitative estimate of drug-likeness (QED) is 0.919. The fourth-order valence-corrected chi connectivity index (χ4v) is 2.94. The summed E-state index contributed by atoms with van der Waals surface area (Å²) in [5.41, 5.74) is 2.49. The van der Waals surface area contributed by atoms with E-state index < -0.39 is 0 Å². The van der Waals surface area contributed by atoms with Crippen molar-refractivity contribution < 1.29 is 4.79 Å². The molecular formula is C19H20N4O. The van der Waals surface area contributed by atoms with E-state index in [2.05, 4.69) is 22.4 Å². The van der Waals surface area contributed by atoms with Gasteiger partial charge in [0.05, 0.1) is 11.9 Å². The minimum absolute atomic E-state index is 0.209. The van der Waals surface area contributed by atoms with Crippen molar-refractivity contribution in [1.29, 1.82) is 5.26 Å². The summed E-state index contributed by atoms with van der Waals surface area (Å²) in [4.78, 5) is 18.3. The van der Waals surface area contributed by atoms with Crippen molar-refractivity contribution in [2.45, 2.75) is 25.3 Å². The van der Waals surface area contributed by atoms with Crippen LogP contribution < -0.4 is 5.32 Å². The molecule has 2 aromatic rings. The summed E-state index contributed by atoms with van der Waals surface area (Å²) < 4.78 is 0. The van der Waals surface area contributed by atoms with Crippen LogP contribution in [0.3, 0.4) is 0 Å². The predicted octanol–water partition coefficient (Wildman–Crippen LogP) is 2.60. The van der Waals surface area contributed by atoms with Crippen LogP contribution in [0.5, 0.6) is 0 Å². The molecule has 24 heavy (non-hydrogen) atoms. The second kappa shape index (κ2) is 7.60. The Labute approximate surface area is 141 Å². The van der Waals surface area contributed by atoms with Crippen LogP contribution in [0.2, 0.25) is 0 Å². The van der Waals surface area contributed by atoms with Crippen LogP contribution in [-0.2, 0) is 11.2 Å². The van der Waals surface area contributed by atoms with Gasteiger partial charge in [-0.3, -0.25) is 4.79 Å². The summed E-state index contributed by atoms with van der Waals surface area (Å²) in [6.07, 6.45) is 3.93. The number of nitrogens with zero attached hydrogens (tertiary/aromatic N) is 3. The molecule has 3 rings (SSSR count). The molecule has 0 bridgehead atoms. The van der Waals surface area contributed by atoms with Gasteiger partial charge < -0.3 is 10.2 Å². The third kappa shape index (κ3) is 4.11. The van der Waals surface area contributed by atoms with Crippen LogP contribution in [0.4, 0.5) is 5.69 Å². The van der Waals surface area contributed by atoms with Crippen molar-refractivity contribution in [3.8, 4) is 6.07 Å². The third-order valence-electron chi connectivity index (χ3n) is 4.26. The molecule has 0 unspecified atom stereocenters. The van der Waals surface area contributed by atoms with Gasteiger partial charge in [0.15, 0.2) is 0 Å². The number of aryl methyl sites for hydroxylation is 1. The van der Waals surface area contributed by atoms with E-state index in [0.717, 1.165) is 25.1 Å². The number of hydrogen-bond donors (Lipinski definition) is 1. The van der Waals surface area contributed by atoms with Crippen molar-refractivity contribution in [2.24, 2.45) is 0 Å². The first kappa shape index (κ1) is 16.0. The molecular weight excluding hydrogens is 300 g/mol. The van der Waals surface area contributed by atoms with Gasteiger partial charge in [-0.25, -0.2) is 4.98 Å². The zero-order valence-corrected chi connectivity index (χ0v) is 13.5. The molecule has 1 aliphatic heterocycles. The maximum absolute atomic E-state index is 12.3. The molecule has 1 atom stereocenters. The molecule has 122 valence electrons. The highest BCUT2D eigenvalue weighted by Crippen LogP contribution is 2.17. The molecule has 0 aliphatic carbocycles. The number of anilines is 1. The summed E-state index contributed by atoms with van der Waals surface area (Å²) in [6.45, 7) is 1.50. The molecule has 1 fully saturated rings. The SMILES string of the molecule is N#Cc1ccc(N[C@@H]2CCN(C(=O)CCc3ccccc3)C2)cn1. The average Bonchev–Trinajstić information content (AvgIpc) is 3.10. The summed E-state index contributed by atoms with van der Waals surface area (Å²) in [7, 11) is 0. The monoisotopic (exact) mass is 320 g/mol. The summed E-state index contributed by atoms with van der Waals surface area (Å²) in [5.74, 6) is 0.209. The minimum Gasteiger partial charge on any atom is -0.379 e. The maximum Gasteiger partial charge on any atom is 0.222 e. The molecule has 1 aromatic heterocycles. The molecule has 0 saturated carbocycles. The average molecular weight is 320 g/mol. The first-order valence-corrected chi connectivity index (χ1v) is 8.19. The Hall–Kier alpha value is -2.87. The van der Waals surface area contributed by atoms with E-state index >= 15 is 0 Å². The second-order valence-corrected chi connectivity index (χ2v) is 6.00. The first-order chi connectivity index (χ1) is 11.7. The van der Waals surface area contributed by atoms with E-state index in [-0.39, 0.29) is 11.9 Å². The number of amides is 1. The number of benzene rings is 1. The number of nitrogens with one attached hydrogen (secondary N) is 1. The fraction of sp³-hybridized carbons (Fsp3) is 0.316. The van der Waals surface area contributed by atoms with Crippen molar-refractivity contribution in [3.05, 3.63) is 59.9 Å². The maximum atomic E-state index is 12.3. The topological polar surface area (TPSA) is 69.0 Å². The number of pyridine rings is 1. The molecule has 5 nitrogen and oxygen atoms in total. The van der Waals surface area contributed by atoms with Gasteiger partial charge in [0, 0.05) is 25.6 Å². The number of likely N-dealkylation sites (tertiary alicyclic amines) is 1. The van der Waals surface area contributed by atoms with Crippen molar-refractivity contribution in [3.63, 3.8) is 0 Å². The van der Waals surface area contributed by atoms with Crippen molar-refractivity contribution >= 4 is 11.6 Å². The van der Waals surface area contributed by atoms with E-state index in [1.165, 1.54) is 5.56 Å². The van der Waals surface area contributed by atoms with Crippen LogP contribution >= 0.6 is 0 Å². The number of nitriles is 1. The lowest BCUT2D eigenvalue weighted by Crippen LogP contribution is -2.31. The molecule has 0 spiro atoms. The van der Waals surface area contributed by atoms with Gasteiger partial charge >= 0.3 is 0 Å². The molecule has 1 aliphatic rings. The Kier molecular flexibility index (Phi) is 5.07. The van der Waals surface area contributed by atoms with Gasteiger partial charge in [-0.2, -0.15) is 5.26 Å². The summed E-state index contributed by atoms with van der Waals surface area (Å²) >= 11 is 0. The van der Waals surface area contributed by atoms with Gasteiger partial charge in [-0.15, -0.1) is 0 Å². The molecule has 1 amide bonds. The van der Waals surface area contributed by atoms with E-state index in [0.29, 0.717) is 18.7 Å². The molecule has 2 heterocycles. The van der Waals surface area contributed by atoms with Gasteiger partial charge in [0.2, 0.25) is 5.91 Å². The number of aromatic nitrogens is 1. The van der Waals surface area contributed by atoms with Crippen LogP contribution in [0, 0.1) is 11.3 Å². The van der Waals surface area contributed by atoms with Gasteiger partial charge in [-0.05, 0) is 30.5 Å². The highest BCUT2D eigenvalue weighted by molar-refractivity contribution is 5.77. The minimum atomic E-state index is 0.209. The number of carbonyl (C=O) groups is 1. The standard InChI is InChI=1S/C19H20N4O/c20-12-16-7-8-17(13-21-16)22-18-10-11-23(14-18)19(24)9-6-15-4-2-1-3-5-15/h1-5,7-8,13,18,22H,6,9-11,14H2/t18-/m1/s1. The summed E-state index contributed by atoms with van der Waals surface area (Å²) in [5, 5.41) is 12.1. The van der Waals surface area contributed by atoms with Gasteiger partial charge in [0.1, 0.15) is 11.8 Å². The zero-order chi connectivity index (χ0) is 16.8. The Morgan fingerprint density at radius 3 is 2.83 bits per heavy atom. The molecule has 1 aromatic carbocycles. The van der Waals surface area contributed by atoms with Crippen LogP contribution in [0.1, 0.15) is 24.1 Å². The molecule has 0 radical (unpaired) electrons. The Bertz CT molecular complexity index is 721. The van der Waals surface area contributed by atoms with Crippen LogP contribution in [-0.4, -0.2) is 34.9 Å². The van der Waals surface area contributed by atoms with Crippen LogP contribution in [0.25, 0.3) is 0 Å². The predicted molar refractivity (Wildman–Crippen MR) is 92.3 cm³/mol. The molecule has 1 saturated heterocycles. The third-order valence-corrected chi connectivity index (χ3v) is 4.26. The van der Waals surface area contributed by atoms with E-state index in [1.54, 1.807) is 12.3 Å². The molecule has 5 heteroatoms. The van der Waals surface area contributed by atoms with Gasteiger partial charge in [-0.1, -0.05) is 30.3 Å². The fourth-order valence-electron chi connectivity index (χ4n) is 2.94. The second-order valence-electron chi connectivity index (χ2n) is 6.00. The largest absolute Gasteiger partial charge is 0.379 e. The van der Waals surface area contributed by atoms with Crippen molar-refractivity contribution in [1.82, 2.24) is 9.88 Å². The van der Waals surface area contributed by atoms with E-state index in [4.69, 9.17) is 5.26 Å². The van der Waals surface area contributed by atoms with E-state index in [9.17, 15) is 4.79 Å². The normalized spacial score (nSPS) is 16.6. The number of hydrogen-bond acceptors (Lipinski definition) is 4. The Morgan fingerprint density at radius 1 is 1.29 bits per heavy atom. The number of rotatable bonds is 5. The molecule has 1 N–H and O–H groups in total. The highest BCUT2D eigenvalue weighted by Gasteiger charge is 2.25. The van der Waals surface area contributed by atoms with Crippen LogP contribution in [0.15, 0.2) is 48.7 Å². The summed E-state index contributed by atoms with van der Waals surface area (Å²) in [6, 6.07) is 15.9. The van der Waals surface area contributed by atoms with Crippen molar-refractivity contribution in [2.75, 3.05) is 18.4 Å². The lowest BCUT2D eigenvalue weighted by Gasteiger charge is -2.17. The Balaban J connectivity index is 1.47. The lowest BCUT2D eigenvalue weighted by molar-refractivity contribution is -0.130. The smallest absolute Gasteiger partial charge is 0.222 e. The van der Waals surface area contributed by atoms with Gasteiger partial charge in [0.25, 0.3) is 0 Å². The highest BCUT2D eigenvalue weighted by atomic mass is 16.2. The van der Waals surface area contributed by atoms with E-state index in [1.807, 2.05) is 35.2 Å². The Morgan fingerprint density at radius 2 is 2.12 bits per heavy atom. The lowest BCUT2D eigenvalue weighted by atomic mass is 10.1.